The molecule has 8 heteroatoms. The van der Waals surface area contributed by atoms with Crippen molar-refractivity contribution in [1.82, 2.24) is 9.62 Å². The quantitative estimate of drug-likeness (QED) is 0.607. The van der Waals surface area contributed by atoms with Gasteiger partial charge in [0.1, 0.15) is 5.76 Å². The molecule has 0 radical (unpaired) electrons. The lowest BCUT2D eigenvalue weighted by atomic mass is 10.2. The molecule has 0 bridgehead atoms. The molecule has 146 valence electrons. The van der Waals surface area contributed by atoms with E-state index in [1.807, 2.05) is 18.2 Å². The zero-order chi connectivity index (χ0) is 20.0. The van der Waals surface area contributed by atoms with Crippen molar-refractivity contribution in [2.75, 3.05) is 6.54 Å². The van der Waals surface area contributed by atoms with Gasteiger partial charge in [-0.3, -0.25) is 4.79 Å². The van der Waals surface area contributed by atoms with E-state index in [1.54, 1.807) is 36.4 Å². The Hall–Kier alpha value is -2.61. The van der Waals surface area contributed by atoms with Gasteiger partial charge in [-0.25, -0.2) is 8.42 Å². The average molecular weight is 419 g/mol. The Labute approximate surface area is 168 Å². The maximum Gasteiger partial charge on any atom is 0.243 e. The van der Waals surface area contributed by atoms with E-state index in [-0.39, 0.29) is 24.5 Å². The predicted molar refractivity (Wildman–Crippen MR) is 106 cm³/mol. The summed E-state index contributed by atoms with van der Waals surface area (Å²) in [6.45, 7) is -0.0868. The van der Waals surface area contributed by atoms with Crippen LogP contribution in [0.2, 0.25) is 5.02 Å². The number of carbonyl (C=O) groups excluding carboxylic acids is 1. The Bertz CT molecular complexity index is 1020. The minimum absolute atomic E-state index is 0.0368. The highest BCUT2D eigenvalue weighted by molar-refractivity contribution is 7.89. The average Bonchev–Trinajstić information content (AvgIpc) is 3.20. The molecule has 3 rings (SSSR count). The van der Waals surface area contributed by atoms with Crippen LogP contribution in [0.5, 0.6) is 0 Å². The van der Waals surface area contributed by atoms with Gasteiger partial charge < -0.3 is 9.73 Å². The third kappa shape index (κ3) is 5.22. The summed E-state index contributed by atoms with van der Waals surface area (Å²) >= 11 is 5.96. The van der Waals surface area contributed by atoms with Crippen LogP contribution in [0.1, 0.15) is 11.3 Å². The minimum atomic E-state index is -3.92. The lowest BCUT2D eigenvalue weighted by Crippen LogP contribution is -2.40. The first-order valence-electron chi connectivity index (χ1n) is 8.54. The first-order valence-corrected chi connectivity index (χ1v) is 10.4. The first-order chi connectivity index (χ1) is 13.4. The molecule has 0 aliphatic rings. The van der Waals surface area contributed by atoms with Crippen LogP contribution >= 0.6 is 11.6 Å². The molecule has 0 fully saturated rings. The topological polar surface area (TPSA) is 79.6 Å². The smallest absolute Gasteiger partial charge is 0.243 e. The fourth-order valence-electron chi connectivity index (χ4n) is 2.60. The van der Waals surface area contributed by atoms with E-state index < -0.39 is 15.9 Å². The van der Waals surface area contributed by atoms with Gasteiger partial charge in [-0.2, -0.15) is 4.31 Å². The Balaban J connectivity index is 1.81. The summed E-state index contributed by atoms with van der Waals surface area (Å²) < 4.78 is 32.6. The standard InChI is InChI=1S/C20H19ClN2O4S/c21-17-8-4-10-19(12-17)28(25,26)23(14-16-6-2-1-3-7-16)15-20(24)22-13-18-9-5-11-27-18/h1-12H,13-15H2,(H,22,24). The number of hydrogen-bond donors (Lipinski definition) is 1. The van der Waals surface area contributed by atoms with Crippen LogP contribution in [0.15, 0.2) is 82.3 Å². The summed E-state index contributed by atoms with van der Waals surface area (Å²) in [6, 6.07) is 18.5. The molecule has 1 amide bonds. The molecule has 0 aliphatic heterocycles. The second-order valence-electron chi connectivity index (χ2n) is 6.07. The Morgan fingerprint density at radius 1 is 1.04 bits per heavy atom. The zero-order valence-electron chi connectivity index (χ0n) is 14.9. The number of hydrogen-bond acceptors (Lipinski definition) is 4. The Kier molecular flexibility index (Phi) is 6.51. The summed E-state index contributed by atoms with van der Waals surface area (Å²) in [4.78, 5) is 12.4. The van der Waals surface area contributed by atoms with Gasteiger partial charge in [0.2, 0.25) is 15.9 Å². The molecule has 3 aromatic rings. The van der Waals surface area contributed by atoms with E-state index in [2.05, 4.69) is 5.32 Å². The normalized spacial score (nSPS) is 11.5. The van der Waals surface area contributed by atoms with Crippen LogP contribution in [-0.4, -0.2) is 25.2 Å². The summed E-state index contributed by atoms with van der Waals surface area (Å²) in [5, 5.41) is 2.98. The summed E-state index contributed by atoms with van der Waals surface area (Å²) in [5.41, 5.74) is 0.770. The van der Waals surface area contributed by atoms with E-state index in [0.717, 1.165) is 9.87 Å². The second kappa shape index (κ2) is 9.05. The first kappa shape index (κ1) is 20.1. The maximum absolute atomic E-state index is 13.1. The highest BCUT2D eigenvalue weighted by Gasteiger charge is 2.27. The van der Waals surface area contributed by atoms with Crippen LogP contribution in [0.25, 0.3) is 0 Å². The van der Waals surface area contributed by atoms with Crippen LogP contribution in [0.4, 0.5) is 0 Å². The number of halogens is 1. The van der Waals surface area contributed by atoms with E-state index in [0.29, 0.717) is 10.8 Å². The monoisotopic (exact) mass is 418 g/mol. The van der Waals surface area contributed by atoms with E-state index in [4.69, 9.17) is 16.0 Å². The minimum Gasteiger partial charge on any atom is -0.467 e. The van der Waals surface area contributed by atoms with E-state index in [9.17, 15) is 13.2 Å². The molecule has 0 aliphatic carbocycles. The van der Waals surface area contributed by atoms with Crippen LogP contribution < -0.4 is 5.32 Å². The Morgan fingerprint density at radius 2 is 1.82 bits per heavy atom. The number of nitrogens with one attached hydrogen (secondary N) is 1. The van der Waals surface area contributed by atoms with Gasteiger partial charge in [0.05, 0.1) is 24.2 Å². The lowest BCUT2D eigenvalue weighted by molar-refractivity contribution is -0.121. The summed E-state index contributed by atoms with van der Waals surface area (Å²) in [7, 11) is -3.92. The van der Waals surface area contributed by atoms with Gasteiger partial charge in [0, 0.05) is 11.6 Å². The van der Waals surface area contributed by atoms with Crippen molar-refractivity contribution in [2.45, 2.75) is 18.0 Å². The predicted octanol–water partition coefficient (Wildman–Crippen LogP) is 3.44. The molecule has 0 spiro atoms. The van der Waals surface area contributed by atoms with Crippen molar-refractivity contribution in [2.24, 2.45) is 0 Å². The number of amides is 1. The molecule has 1 aromatic heterocycles. The van der Waals surface area contributed by atoms with Gasteiger partial charge in [-0.05, 0) is 35.9 Å². The molecule has 1 heterocycles. The molecular weight excluding hydrogens is 400 g/mol. The fraction of sp³-hybridized carbons (Fsp3) is 0.150. The van der Waals surface area contributed by atoms with Crippen molar-refractivity contribution in [3.05, 3.63) is 89.3 Å². The van der Waals surface area contributed by atoms with E-state index >= 15 is 0 Å². The highest BCUT2D eigenvalue weighted by atomic mass is 35.5. The fourth-order valence-corrected chi connectivity index (χ4v) is 4.29. The molecule has 2 aromatic carbocycles. The zero-order valence-corrected chi connectivity index (χ0v) is 16.5. The van der Waals surface area contributed by atoms with Crippen molar-refractivity contribution < 1.29 is 17.6 Å². The van der Waals surface area contributed by atoms with Crippen molar-refractivity contribution >= 4 is 27.5 Å². The number of rotatable bonds is 8. The van der Waals surface area contributed by atoms with Crippen molar-refractivity contribution in [3.63, 3.8) is 0 Å². The molecule has 0 atom stereocenters. The summed E-state index contributed by atoms with van der Waals surface area (Å²) in [6.07, 6.45) is 1.51. The lowest BCUT2D eigenvalue weighted by Gasteiger charge is -2.22. The van der Waals surface area contributed by atoms with Crippen molar-refractivity contribution in [1.29, 1.82) is 0 Å². The molecule has 6 nitrogen and oxygen atoms in total. The summed E-state index contributed by atoms with van der Waals surface area (Å²) in [5.74, 6) is 0.151. The molecule has 0 saturated carbocycles. The number of nitrogens with zero attached hydrogens (tertiary/aromatic N) is 1. The van der Waals surface area contributed by atoms with Gasteiger partial charge in [0.25, 0.3) is 0 Å². The number of sulfonamides is 1. The van der Waals surface area contributed by atoms with Crippen LogP contribution in [0, 0.1) is 0 Å². The van der Waals surface area contributed by atoms with Gasteiger partial charge in [0.15, 0.2) is 0 Å². The molecular formula is C20H19ClN2O4S. The largest absolute Gasteiger partial charge is 0.467 e. The van der Waals surface area contributed by atoms with Gasteiger partial charge in [-0.1, -0.05) is 48.0 Å². The third-order valence-electron chi connectivity index (χ3n) is 4.00. The number of furan rings is 1. The number of benzene rings is 2. The van der Waals surface area contributed by atoms with Gasteiger partial charge >= 0.3 is 0 Å². The number of carbonyl (C=O) groups is 1. The molecule has 0 saturated heterocycles. The van der Waals surface area contributed by atoms with E-state index in [1.165, 1.54) is 18.4 Å². The third-order valence-corrected chi connectivity index (χ3v) is 6.02. The molecule has 1 N–H and O–H groups in total. The maximum atomic E-state index is 13.1. The second-order valence-corrected chi connectivity index (χ2v) is 8.45. The van der Waals surface area contributed by atoms with Crippen LogP contribution in [0.3, 0.4) is 0 Å². The Morgan fingerprint density at radius 3 is 2.50 bits per heavy atom. The molecule has 0 unspecified atom stereocenters. The van der Waals surface area contributed by atoms with Crippen LogP contribution in [-0.2, 0) is 27.9 Å². The molecule has 28 heavy (non-hydrogen) atoms. The highest BCUT2D eigenvalue weighted by Crippen LogP contribution is 2.21. The van der Waals surface area contributed by atoms with Crippen molar-refractivity contribution in [3.8, 4) is 0 Å². The van der Waals surface area contributed by atoms with Gasteiger partial charge in [-0.15, -0.1) is 0 Å². The SMILES string of the molecule is O=C(CN(Cc1ccccc1)S(=O)(=O)c1cccc(Cl)c1)NCc1ccco1.